The number of benzene rings is 1. The zero-order chi connectivity index (χ0) is 15.4. The number of carbonyl (C=O) groups is 1. The van der Waals surface area contributed by atoms with Gasteiger partial charge in [-0.2, -0.15) is 8.78 Å². The highest BCUT2D eigenvalue weighted by Crippen LogP contribution is 2.27. The van der Waals surface area contributed by atoms with Crippen molar-refractivity contribution in [2.75, 3.05) is 0 Å². The number of halogens is 3. The molecular formula is C14H16F3NO3. The SMILES string of the molecule is O=C(NCc1c(F)cccc1OC(F)F)C1CCCC1O. The van der Waals surface area contributed by atoms with Crippen molar-refractivity contribution in [2.24, 2.45) is 5.92 Å². The number of hydrogen-bond donors (Lipinski definition) is 2. The van der Waals surface area contributed by atoms with E-state index in [1.54, 1.807) is 0 Å². The largest absolute Gasteiger partial charge is 0.434 e. The summed E-state index contributed by atoms with van der Waals surface area (Å²) in [5, 5.41) is 12.1. The molecule has 1 saturated carbocycles. The fraction of sp³-hybridized carbons (Fsp3) is 0.500. The number of rotatable bonds is 5. The zero-order valence-electron chi connectivity index (χ0n) is 11.2. The van der Waals surface area contributed by atoms with Crippen molar-refractivity contribution in [2.45, 2.75) is 38.5 Å². The molecule has 0 saturated heterocycles. The average molecular weight is 303 g/mol. The molecule has 0 spiro atoms. The number of amides is 1. The second kappa shape index (κ2) is 6.80. The molecule has 0 aromatic heterocycles. The van der Waals surface area contributed by atoms with E-state index < -0.39 is 30.4 Å². The van der Waals surface area contributed by atoms with Gasteiger partial charge in [0, 0.05) is 12.1 Å². The van der Waals surface area contributed by atoms with E-state index in [0.29, 0.717) is 12.8 Å². The summed E-state index contributed by atoms with van der Waals surface area (Å²) in [6.45, 7) is -3.34. The molecule has 0 heterocycles. The van der Waals surface area contributed by atoms with Gasteiger partial charge in [-0.15, -0.1) is 0 Å². The Hall–Kier alpha value is -1.76. The molecule has 4 nitrogen and oxygen atoms in total. The Balaban J connectivity index is 2.03. The molecule has 2 unspecified atom stereocenters. The second-order valence-electron chi connectivity index (χ2n) is 4.92. The van der Waals surface area contributed by atoms with Gasteiger partial charge >= 0.3 is 6.61 Å². The third kappa shape index (κ3) is 3.87. The van der Waals surface area contributed by atoms with Crippen molar-refractivity contribution in [3.8, 4) is 5.75 Å². The van der Waals surface area contributed by atoms with Crippen molar-refractivity contribution < 1.29 is 27.8 Å². The topological polar surface area (TPSA) is 58.6 Å². The van der Waals surface area contributed by atoms with Crippen molar-refractivity contribution in [1.82, 2.24) is 5.32 Å². The monoisotopic (exact) mass is 303 g/mol. The first-order valence-electron chi connectivity index (χ1n) is 6.67. The summed E-state index contributed by atoms with van der Waals surface area (Å²) in [6.07, 6.45) is 1.16. The molecule has 1 aromatic rings. The van der Waals surface area contributed by atoms with Gasteiger partial charge in [0.15, 0.2) is 0 Å². The van der Waals surface area contributed by atoms with Crippen LogP contribution in [0.4, 0.5) is 13.2 Å². The van der Waals surface area contributed by atoms with Crippen molar-refractivity contribution in [3.63, 3.8) is 0 Å². The molecule has 0 bridgehead atoms. The van der Waals surface area contributed by atoms with Crippen LogP contribution in [0.1, 0.15) is 24.8 Å². The van der Waals surface area contributed by atoms with E-state index in [2.05, 4.69) is 10.1 Å². The van der Waals surface area contributed by atoms with Crippen molar-refractivity contribution in [3.05, 3.63) is 29.6 Å². The third-order valence-corrected chi connectivity index (χ3v) is 3.55. The fourth-order valence-electron chi connectivity index (χ4n) is 2.47. The summed E-state index contributed by atoms with van der Waals surface area (Å²) in [6, 6.07) is 3.56. The lowest BCUT2D eigenvalue weighted by Crippen LogP contribution is -2.34. The molecule has 116 valence electrons. The van der Waals surface area contributed by atoms with Crippen LogP contribution in [0.25, 0.3) is 0 Å². The predicted octanol–water partition coefficient (Wildman–Crippen LogP) is 2.20. The van der Waals surface area contributed by atoms with Crippen molar-refractivity contribution in [1.29, 1.82) is 0 Å². The van der Waals surface area contributed by atoms with Gasteiger partial charge in [0.25, 0.3) is 0 Å². The number of ether oxygens (including phenoxy) is 1. The number of hydrogen-bond acceptors (Lipinski definition) is 3. The molecular weight excluding hydrogens is 287 g/mol. The highest BCUT2D eigenvalue weighted by atomic mass is 19.3. The van der Waals surface area contributed by atoms with E-state index in [1.807, 2.05) is 0 Å². The van der Waals surface area contributed by atoms with Crippen LogP contribution >= 0.6 is 0 Å². The summed E-state index contributed by atoms with van der Waals surface area (Å²) in [7, 11) is 0. The molecule has 1 amide bonds. The first-order chi connectivity index (χ1) is 9.99. The molecule has 2 rings (SSSR count). The fourth-order valence-corrected chi connectivity index (χ4v) is 2.47. The molecule has 2 N–H and O–H groups in total. The standard InChI is InChI=1S/C14H16F3NO3/c15-10-4-2-6-12(21-14(16)17)9(10)7-18-13(20)8-3-1-5-11(8)19/h2,4,6,8,11,14,19H,1,3,5,7H2,(H,18,20). The Morgan fingerprint density at radius 3 is 2.81 bits per heavy atom. The number of nitrogens with one attached hydrogen (secondary N) is 1. The van der Waals surface area contributed by atoms with Crippen LogP contribution < -0.4 is 10.1 Å². The summed E-state index contributed by atoms with van der Waals surface area (Å²) >= 11 is 0. The Labute approximate surface area is 119 Å². The van der Waals surface area contributed by atoms with Crippen LogP contribution in [-0.2, 0) is 11.3 Å². The van der Waals surface area contributed by atoms with Gasteiger partial charge in [-0.3, -0.25) is 4.79 Å². The Morgan fingerprint density at radius 2 is 2.19 bits per heavy atom. The zero-order valence-corrected chi connectivity index (χ0v) is 11.2. The summed E-state index contributed by atoms with van der Waals surface area (Å²) < 4.78 is 42.4. The number of aliphatic hydroxyl groups is 1. The molecule has 0 radical (unpaired) electrons. The molecule has 7 heteroatoms. The van der Waals surface area contributed by atoms with E-state index in [9.17, 15) is 23.1 Å². The second-order valence-corrected chi connectivity index (χ2v) is 4.92. The minimum Gasteiger partial charge on any atom is -0.434 e. The highest BCUT2D eigenvalue weighted by molar-refractivity contribution is 5.79. The quantitative estimate of drug-likeness (QED) is 0.877. The minimum absolute atomic E-state index is 0.140. The van der Waals surface area contributed by atoms with Crippen LogP contribution in [0.3, 0.4) is 0 Å². The molecule has 1 fully saturated rings. The van der Waals surface area contributed by atoms with Crippen LogP contribution in [0.2, 0.25) is 0 Å². The van der Waals surface area contributed by atoms with Crippen molar-refractivity contribution >= 4 is 5.91 Å². The van der Waals surface area contributed by atoms with Crippen LogP contribution in [0, 0.1) is 11.7 Å². The third-order valence-electron chi connectivity index (χ3n) is 3.55. The smallest absolute Gasteiger partial charge is 0.387 e. The van der Waals surface area contributed by atoms with E-state index in [0.717, 1.165) is 12.5 Å². The van der Waals surface area contributed by atoms with Gasteiger partial charge in [0.1, 0.15) is 11.6 Å². The normalized spacial score (nSPS) is 21.6. The maximum atomic E-state index is 13.7. The van der Waals surface area contributed by atoms with Gasteiger partial charge in [-0.05, 0) is 31.4 Å². The lowest BCUT2D eigenvalue weighted by molar-refractivity contribution is -0.127. The lowest BCUT2D eigenvalue weighted by Gasteiger charge is -2.16. The maximum Gasteiger partial charge on any atom is 0.387 e. The molecule has 0 aliphatic heterocycles. The van der Waals surface area contributed by atoms with E-state index in [4.69, 9.17) is 0 Å². The van der Waals surface area contributed by atoms with Crippen LogP contribution in [0.5, 0.6) is 5.75 Å². The van der Waals surface area contributed by atoms with E-state index in [-0.39, 0.29) is 17.9 Å². The van der Waals surface area contributed by atoms with Gasteiger partial charge in [0.2, 0.25) is 5.91 Å². The Morgan fingerprint density at radius 1 is 1.43 bits per heavy atom. The number of carbonyl (C=O) groups excluding carboxylic acids is 1. The number of alkyl halides is 2. The number of aliphatic hydroxyl groups excluding tert-OH is 1. The predicted molar refractivity (Wildman–Crippen MR) is 68.2 cm³/mol. The highest BCUT2D eigenvalue weighted by Gasteiger charge is 2.31. The Bertz CT molecular complexity index is 510. The first kappa shape index (κ1) is 15.6. The van der Waals surface area contributed by atoms with Gasteiger partial charge in [-0.1, -0.05) is 6.07 Å². The molecule has 21 heavy (non-hydrogen) atoms. The van der Waals surface area contributed by atoms with Gasteiger partial charge in [-0.25, -0.2) is 4.39 Å². The maximum absolute atomic E-state index is 13.7. The van der Waals surface area contributed by atoms with E-state index in [1.165, 1.54) is 12.1 Å². The first-order valence-corrected chi connectivity index (χ1v) is 6.67. The molecule has 1 aliphatic rings. The van der Waals surface area contributed by atoms with Crippen LogP contribution in [0.15, 0.2) is 18.2 Å². The minimum atomic E-state index is -3.07. The summed E-state index contributed by atoms with van der Waals surface area (Å²) in [5.74, 6) is -1.99. The van der Waals surface area contributed by atoms with Crippen LogP contribution in [-0.4, -0.2) is 23.7 Å². The summed E-state index contributed by atoms with van der Waals surface area (Å²) in [5.41, 5.74) is -0.140. The Kier molecular flexibility index (Phi) is 5.06. The van der Waals surface area contributed by atoms with Gasteiger partial charge in [0.05, 0.1) is 12.0 Å². The van der Waals surface area contributed by atoms with Gasteiger partial charge < -0.3 is 15.2 Å². The lowest BCUT2D eigenvalue weighted by atomic mass is 10.1. The molecule has 1 aromatic carbocycles. The molecule has 2 atom stereocenters. The average Bonchev–Trinajstić information content (AvgIpc) is 2.83. The molecule has 1 aliphatic carbocycles. The van der Waals surface area contributed by atoms with E-state index >= 15 is 0 Å². The summed E-state index contributed by atoms with van der Waals surface area (Å²) in [4.78, 5) is 11.9.